The molecule has 20 heavy (non-hydrogen) atoms. The molecule has 0 aromatic heterocycles. The zero-order valence-electron chi connectivity index (χ0n) is 13.2. The van der Waals surface area contributed by atoms with Gasteiger partial charge in [-0.2, -0.15) is 0 Å². The largest absolute Gasteiger partial charge is 0.496 e. The van der Waals surface area contributed by atoms with Gasteiger partial charge in [-0.05, 0) is 37.8 Å². The van der Waals surface area contributed by atoms with E-state index in [2.05, 4.69) is 37.4 Å². The van der Waals surface area contributed by atoms with Gasteiger partial charge in [-0.3, -0.25) is 0 Å². The second-order valence-electron chi connectivity index (χ2n) is 6.41. The Labute approximate surface area is 123 Å². The van der Waals surface area contributed by atoms with Crippen molar-refractivity contribution in [3.8, 4) is 5.75 Å². The van der Waals surface area contributed by atoms with Crippen LogP contribution in [0.3, 0.4) is 0 Å². The first-order valence-electron chi connectivity index (χ1n) is 8.03. The van der Waals surface area contributed by atoms with Gasteiger partial charge in [0.1, 0.15) is 5.75 Å². The molecule has 112 valence electrons. The number of benzene rings is 1. The first kappa shape index (κ1) is 15.4. The van der Waals surface area contributed by atoms with Crippen LogP contribution in [0.15, 0.2) is 18.2 Å². The van der Waals surface area contributed by atoms with E-state index in [1.54, 1.807) is 7.11 Å². The molecule has 2 rings (SSSR count). The average molecular weight is 275 g/mol. The summed E-state index contributed by atoms with van der Waals surface area (Å²) < 4.78 is 5.42. The number of nitrogens with one attached hydrogen (secondary N) is 1. The van der Waals surface area contributed by atoms with Crippen LogP contribution in [0.2, 0.25) is 0 Å². The molecule has 0 radical (unpaired) electrons. The summed E-state index contributed by atoms with van der Waals surface area (Å²) in [6, 6.07) is 6.38. The van der Waals surface area contributed by atoms with E-state index in [0.29, 0.717) is 0 Å². The van der Waals surface area contributed by atoms with Crippen LogP contribution in [0.5, 0.6) is 5.75 Å². The summed E-state index contributed by atoms with van der Waals surface area (Å²) in [6.45, 7) is 6.55. The summed E-state index contributed by atoms with van der Waals surface area (Å²) in [5, 5.41) is 3.58. The summed E-state index contributed by atoms with van der Waals surface area (Å²) in [6.07, 6.45) is 7.03. The molecule has 0 saturated heterocycles. The maximum Gasteiger partial charge on any atom is 0.123 e. The second-order valence-corrected chi connectivity index (χ2v) is 6.41. The molecule has 1 aliphatic carbocycles. The fraction of sp³-hybridized carbons (Fsp3) is 0.667. The van der Waals surface area contributed by atoms with Crippen molar-refractivity contribution in [3.05, 3.63) is 29.3 Å². The molecule has 1 aromatic carbocycles. The summed E-state index contributed by atoms with van der Waals surface area (Å²) in [7, 11) is 1.75. The maximum atomic E-state index is 5.42. The average Bonchev–Trinajstić information content (AvgIpc) is 2.46. The molecule has 1 aromatic rings. The Balaban J connectivity index is 1.72. The van der Waals surface area contributed by atoms with Crippen LogP contribution in [0.4, 0.5) is 0 Å². The Morgan fingerprint density at radius 2 is 1.95 bits per heavy atom. The van der Waals surface area contributed by atoms with Crippen molar-refractivity contribution in [2.24, 2.45) is 11.8 Å². The van der Waals surface area contributed by atoms with Crippen LogP contribution in [0, 0.1) is 18.8 Å². The first-order valence-corrected chi connectivity index (χ1v) is 8.03. The summed E-state index contributed by atoms with van der Waals surface area (Å²) >= 11 is 0. The van der Waals surface area contributed by atoms with Crippen LogP contribution in [-0.4, -0.2) is 13.7 Å². The predicted octanol–water partition coefficient (Wildman–Crippen LogP) is 4.31. The summed E-state index contributed by atoms with van der Waals surface area (Å²) in [5.41, 5.74) is 2.56. The van der Waals surface area contributed by atoms with Crippen molar-refractivity contribution in [2.75, 3.05) is 13.7 Å². The highest BCUT2D eigenvalue weighted by Crippen LogP contribution is 2.30. The molecule has 2 heteroatoms. The van der Waals surface area contributed by atoms with Crippen molar-refractivity contribution >= 4 is 0 Å². The molecule has 0 unspecified atom stereocenters. The highest BCUT2D eigenvalue weighted by Gasteiger charge is 2.17. The van der Waals surface area contributed by atoms with Crippen molar-refractivity contribution in [2.45, 2.75) is 52.5 Å². The van der Waals surface area contributed by atoms with E-state index in [1.165, 1.54) is 43.2 Å². The molecular weight excluding hydrogens is 246 g/mol. The van der Waals surface area contributed by atoms with Gasteiger partial charge >= 0.3 is 0 Å². The van der Waals surface area contributed by atoms with Crippen LogP contribution < -0.4 is 10.1 Å². The number of aryl methyl sites for hydroxylation is 1. The number of hydrogen-bond acceptors (Lipinski definition) is 2. The molecule has 0 heterocycles. The van der Waals surface area contributed by atoms with E-state index in [-0.39, 0.29) is 0 Å². The van der Waals surface area contributed by atoms with Crippen LogP contribution >= 0.6 is 0 Å². The number of hydrogen-bond donors (Lipinski definition) is 1. The molecule has 0 bridgehead atoms. The Hall–Kier alpha value is -1.02. The van der Waals surface area contributed by atoms with Crippen molar-refractivity contribution in [1.29, 1.82) is 0 Å². The minimum Gasteiger partial charge on any atom is -0.496 e. The van der Waals surface area contributed by atoms with Gasteiger partial charge in [0.15, 0.2) is 0 Å². The lowest BCUT2D eigenvalue weighted by molar-refractivity contribution is 0.275. The van der Waals surface area contributed by atoms with Crippen LogP contribution in [-0.2, 0) is 6.54 Å². The third kappa shape index (κ3) is 4.52. The number of rotatable bonds is 6. The van der Waals surface area contributed by atoms with Crippen LogP contribution in [0.25, 0.3) is 0 Å². The fourth-order valence-electron chi connectivity index (χ4n) is 3.19. The molecule has 1 N–H and O–H groups in total. The zero-order chi connectivity index (χ0) is 14.4. The van der Waals surface area contributed by atoms with Crippen molar-refractivity contribution in [3.63, 3.8) is 0 Å². The first-order chi connectivity index (χ1) is 9.69. The minimum atomic E-state index is 0.911. The minimum absolute atomic E-state index is 0.911. The highest BCUT2D eigenvalue weighted by atomic mass is 16.5. The second kappa shape index (κ2) is 7.68. The van der Waals surface area contributed by atoms with Gasteiger partial charge in [0.25, 0.3) is 0 Å². The van der Waals surface area contributed by atoms with E-state index in [1.807, 2.05) is 0 Å². The zero-order valence-corrected chi connectivity index (χ0v) is 13.2. The smallest absolute Gasteiger partial charge is 0.123 e. The lowest BCUT2D eigenvalue weighted by Crippen LogP contribution is -2.20. The molecular formula is C18H29NO. The molecule has 1 saturated carbocycles. The van der Waals surface area contributed by atoms with Gasteiger partial charge in [0.05, 0.1) is 7.11 Å². The molecule has 0 amide bonds. The van der Waals surface area contributed by atoms with Crippen LogP contribution in [0.1, 0.15) is 50.2 Å². The summed E-state index contributed by atoms with van der Waals surface area (Å²) in [5.74, 6) is 2.89. The van der Waals surface area contributed by atoms with Gasteiger partial charge < -0.3 is 10.1 Å². The van der Waals surface area contributed by atoms with Gasteiger partial charge in [0.2, 0.25) is 0 Å². The topological polar surface area (TPSA) is 21.3 Å². The Morgan fingerprint density at radius 3 is 2.65 bits per heavy atom. The predicted molar refractivity (Wildman–Crippen MR) is 85.2 cm³/mol. The maximum absolute atomic E-state index is 5.42. The van der Waals surface area contributed by atoms with Crippen molar-refractivity contribution < 1.29 is 4.74 Å². The Morgan fingerprint density at radius 1 is 1.20 bits per heavy atom. The third-order valence-corrected chi connectivity index (χ3v) is 4.62. The molecule has 2 nitrogen and oxygen atoms in total. The SMILES string of the molecule is COc1ccc(C)cc1CNCCC1CCC(C)CC1. The van der Waals surface area contributed by atoms with E-state index in [0.717, 1.165) is 30.7 Å². The molecule has 0 atom stereocenters. The number of methoxy groups -OCH3 is 1. The Bertz CT molecular complexity index is 408. The lowest BCUT2D eigenvalue weighted by atomic mass is 9.81. The van der Waals surface area contributed by atoms with Gasteiger partial charge in [0, 0.05) is 12.1 Å². The van der Waals surface area contributed by atoms with Gasteiger partial charge in [-0.25, -0.2) is 0 Å². The lowest BCUT2D eigenvalue weighted by Gasteiger charge is -2.26. The normalized spacial score (nSPS) is 22.8. The summed E-state index contributed by atoms with van der Waals surface area (Å²) in [4.78, 5) is 0. The van der Waals surface area contributed by atoms with E-state index in [9.17, 15) is 0 Å². The third-order valence-electron chi connectivity index (χ3n) is 4.62. The van der Waals surface area contributed by atoms with E-state index >= 15 is 0 Å². The highest BCUT2D eigenvalue weighted by molar-refractivity contribution is 5.36. The Kier molecular flexibility index (Phi) is 5.90. The molecule has 1 aliphatic rings. The molecule has 1 fully saturated rings. The van der Waals surface area contributed by atoms with Gasteiger partial charge in [-0.15, -0.1) is 0 Å². The van der Waals surface area contributed by atoms with Gasteiger partial charge in [-0.1, -0.05) is 50.3 Å². The molecule has 0 aliphatic heterocycles. The standard InChI is InChI=1S/C18H29NO/c1-14-4-7-16(8-5-14)10-11-19-13-17-12-15(2)6-9-18(17)20-3/h6,9,12,14,16,19H,4-5,7-8,10-11,13H2,1-3H3. The fourth-order valence-corrected chi connectivity index (χ4v) is 3.19. The quantitative estimate of drug-likeness (QED) is 0.781. The van der Waals surface area contributed by atoms with Crippen molar-refractivity contribution in [1.82, 2.24) is 5.32 Å². The van der Waals surface area contributed by atoms with E-state index in [4.69, 9.17) is 4.74 Å². The number of ether oxygens (including phenoxy) is 1. The van der Waals surface area contributed by atoms with E-state index < -0.39 is 0 Å². The molecule has 0 spiro atoms. The monoisotopic (exact) mass is 275 g/mol.